The molecule has 0 spiro atoms. The van der Waals surface area contributed by atoms with E-state index in [9.17, 15) is 0 Å². The molecule has 2 rings (SSSR count). The van der Waals surface area contributed by atoms with E-state index in [1.807, 2.05) is 30.5 Å². The number of aromatic nitrogens is 1. The summed E-state index contributed by atoms with van der Waals surface area (Å²) in [7, 11) is 0. The van der Waals surface area contributed by atoms with Gasteiger partial charge in [-0.1, -0.05) is 29.8 Å². The average molecular weight is 239 g/mol. The van der Waals surface area contributed by atoms with Gasteiger partial charge in [-0.25, -0.2) is 4.98 Å². The maximum Gasteiger partial charge on any atom is 0.106 e. The van der Waals surface area contributed by atoms with Gasteiger partial charge in [-0.3, -0.25) is 0 Å². The summed E-state index contributed by atoms with van der Waals surface area (Å²) in [6, 6.07) is 7.86. The summed E-state index contributed by atoms with van der Waals surface area (Å²) in [4.78, 5) is 5.41. The topological polar surface area (TPSA) is 38.9 Å². The van der Waals surface area contributed by atoms with Crippen LogP contribution in [0.1, 0.15) is 15.4 Å². The van der Waals surface area contributed by atoms with Crippen molar-refractivity contribution in [3.05, 3.63) is 50.9 Å². The predicted octanol–water partition coefficient (Wildman–Crippen LogP) is 2.85. The third kappa shape index (κ3) is 2.56. The Morgan fingerprint density at radius 1 is 1.33 bits per heavy atom. The molecule has 78 valence electrons. The van der Waals surface area contributed by atoms with Gasteiger partial charge in [-0.2, -0.15) is 0 Å². The number of halogens is 1. The molecule has 0 aliphatic heterocycles. The van der Waals surface area contributed by atoms with Gasteiger partial charge in [0.05, 0.1) is 0 Å². The number of hydrogen-bond acceptors (Lipinski definition) is 3. The summed E-state index contributed by atoms with van der Waals surface area (Å²) in [5.41, 5.74) is 6.64. The van der Waals surface area contributed by atoms with E-state index < -0.39 is 0 Å². The summed E-state index contributed by atoms with van der Waals surface area (Å²) < 4.78 is 0. The Morgan fingerprint density at radius 3 is 2.80 bits per heavy atom. The molecule has 0 saturated carbocycles. The second-order valence-corrected chi connectivity index (χ2v) is 4.80. The maximum atomic E-state index is 6.07. The molecule has 2 nitrogen and oxygen atoms in total. The molecule has 15 heavy (non-hydrogen) atoms. The number of nitrogens with two attached hydrogens (primary N) is 1. The smallest absolute Gasteiger partial charge is 0.106 e. The minimum absolute atomic E-state index is 0.507. The van der Waals surface area contributed by atoms with Crippen molar-refractivity contribution < 1.29 is 0 Å². The van der Waals surface area contributed by atoms with Gasteiger partial charge in [-0.05, 0) is 11.6 Å². The molecular weight excluding hydrogens is 228 g/mol. The van der Waals surface area contributed by atoms with Crippen LogP contribution in [0, 0.1) is 0 Å². The van der Waals surface area contributed by atoms with Crippen LogP contribution in [-0.4, -0.2) is 4.98 Å². The van der Waals surface area contributed by atoms with E-state index in [0.29, 0.717) is 6.54 Å². The normalized spacial score (nSPS) is 10.5. The van der Waals surface area contributed by atoms with Crippen molar-refractivity contribution in [1.82, 2.24) is 4.98 Å². The highest BCUT2D eigenvalue weighted by atomic mass is 35.5. The second kappa shape index (κ2) is 4.75. The lowest BCUT2D eigenvalue weighted by Gasteiger charge is -2.00. The molecule has 0 amide bonds. The molecule has 1 aromatic heterocycles. The van der Waals surface area contributed by atoms with Crippen molar-refractivity contribution in [3.8, 4) is 0 Å². The lowest BCUT2D eigenvalue weighted by molar-refractivity contribution is 1.04. The lowest BCUT2D eigenvalue weighted by Crippen LogP contribution is -1.93. The summed E-state index contributed by atoms with van der Waals surface area (Å²) in [6.45, 7) is 0.507. The maximum absolute atomic E-state index is 6.07. The molecule has 1 aromatic carbocycles. The first-order valence-corrected chi connectivity index (χ1v) is 5.86. The molecule has 0 unspecified atom stereocenters. The van der Waals surface area contributed by atoms with Gasteiger partial charge in [0.15, 0.2) is 0 Å². The highest BCUT2D eigenvalue weighted by Gasteiger charge is 2.04. The summed E-state index contributed by atoms with van der Waals surface area (Å²) in [5.74, 6) is 0. The molecule has 0 atom stereocenters. The molecule has 0 radical (unpaired) electrons. The predicted molar refractivity (Wildman–Crippen MR) is 64.3 cm³/mol. The van der Waals surface area contributed by atoms with Gasteiger partial charge in [0, 0.05) is 29.1 Å². The number of nitrogens with zero attached hydrogens (tertiary/aromatic N) is 1. The molecule has 0 fully saturated rings. The van der Waals surface area contributed by atoms with Crippen LogP contribution in [-0.2, 0) is 13.0 Å². The molecule has 0 saturated heterocycles. The Morgan fingerprint density at radius 2 is 2.13 bits per heavy atom. The van der Waals surface area contributed by atoms with E-state index in [2.05, 4.69) is 4.98 Å². The van der Waals surface area contributed by atoms with Gasteiger partial charge < -0.3 is 5.73 Å². The molecule has 0 bridgehead atoms. The molecule has 0 aliphatic rings. The quantitative estimate of drug-likeness (QED) is 0.893. The highest BCUT2D eigenvalue weighted by molar-refractivity contribution is 7.11. The summed E-state index contributed by atoms with van der Waals surface area (Å²) in [5, 5.41) is 1.78. The van der Waals surface area contributed by atoms with Crippen LogP contribution in [0.4, 0.5) is 0 Å². The summed E-state index contributed by atoms with van der Waals surface area (Å²) >= 11 is 7.72. The van der Waals surface area contributed by atoms with E-state index in [-0.39, 0.29) is 0 Å². The first-order valence-electron chi connectivity index (χ1n) is 4.66. The molecule has 2 aromatic rings. The zero-order valence-corrected chi connectivity index (χ0v) is 9.68. The van der Waals surface area contributed by atoms with Crippen molar-refractivity contribution in [3.63, 3.8) is 0 Å². The van der Waals surface area contributed by atoms with Gasteiger partial charge in [0.1, 0.15) is 5.01 Å². The second-order valence-electron chi connectivity index (χ2n) is 3.19. The summed E-state index contributed by atoms with van der Waals surface area (Å²) in [6.07, 6.45) is 2.70. The Hall–Kier alpha value is -0.900. The van der Waals surface area contributed by atoms with E-state index in [1.165, 1.54) is 4.88 Å². The molecule has 1 heterocycles. The third-order valence-corrected chi connectivity index (χ3v) is 3.49. The van der Waals surface area contributed by atoms with Gasteiger partial charge >= 0.3 is 0 Å². The van der Waals surface area contributed by atoms with E-state index in [4.69, 9.17) is 17.3 Å². The average Bonchev–Trinajstić information content (AvgIpc) is 2.69. The highest BCUT2D eigenvalue weighted by Crippen LogP contribution is 2.22. The molecule has 4 heteroatoms. The first-order chi connectivity index (χ1) is 7.29. The van der Waals surface area contributed by atoms with Crippen LogP contribution in [0.3, 0.4) is 0 Å². The number of thiazole rings is 1. The van der Waals surface area contributed by atoms with E-state index in [1.54, 1.807) is 11.3 Å². The standard InChI is InChI=1S/C11H11ClN2S/c12-10-4-2-1-3-8(10)5-9-7-14-11(6-13)15-9/h1-4,7H,5-6,13H2. The van der Waals surface area contributed by atoms with Crippen molar-refractivity contribution in [2.24, 2.45) is 5.73 Å². The Labute approximate surface area is 97.7 Å². The van der Waals surface area contributed by atoms with Crippen LogP contribution in [0.2, 0.25) is 5.02 Å². The van der Waals surface area contributed by atoms with Crippen molar-refractivity contribution >= 4 is 22.9 Å². The van der Waals surface area contributed by atoms with Crippen LogP contribution in [0.5, 0.6) is 0 Å². The molecule has 2 N–H and O–H groups in total. The first kappa shape index (κ1) is 10.6. The van der Waals surface area contributed by atoms with E-state index >= 15 is 0 Å². The fraction of sp³-hybridized carbons (Fsp3) is 0.182. The van der Waals surface area contributed by atoms with Crippen LogP contribution in [0.15, 0.2) is 30.5 Å². The van der Waals surface area contributed by atoms with Gasteiger partial charge in [0.25, 0.3) is 0 Å². The minimum Gasteiger partial charge on any atom is -0.325 e. The van der Waals surface area contributed by atoms with Crippen molar-refractivity contribution in [2.45, 2.75) is 13.0 Å². The van der Waals surface area contributed by atoms with Crippen LogP contribution >= 0.6 is 22.9 Å². The Kier molecular flexibility index (Phi) is 3.36. The largest absolute Gasteiger partial charge is 0.325 e. The Bertz CT molecular complexity index is 453. The fourth-order valence-electron chi connectivity index (χ4n) is 1.35. The van der Waals surface area contributed by atoms with Crippen molar-refractivity contribution in [2.75, 3.05) is 0 Å². The lowest BCUT2D eigenvalue weighted by atomic mass is 10.1. The minimum atomic E-state index is 0.507. The number of rotatable bonds is 3. The molecular formula is C11H11ClN2S. The van der Waals surface area contributed by atoms with E-state index in [0.717, 1.165) is 22.0 Å². The zero-order valence-electron chi connectivity index (χ0n) is 8.11. The van der Waals surface area contributed by atoms with Gasteiger partial charge in [-0.15, -0.1) is 11.3 Å². The number of benzene rings is 1. The van der Waals surface area contributed by atoms with Crippen molar-refractivity contribution in [1.29, 1.82) is 0 Å². The Balaban J connectivity index is 2.18. The number of hydrogen-bond donors (Lipinski definition) is 1. The fourth-order valence-corrected chi connectivity index (χ4v) is 2.38. The zero-order chi connectivity index (χ0) is 10.7. The van der Waals surface area contributed by atoms with Crippen LogP contribution in [0.25, 0.3) is 0 Å². The monoisotopic (exact) mass is 238 g/mol. The van der Waals surface area contributed by atoms with Gasteiger partial charge in [0.2, 0.25) is 0 Å². The SMILES string of the molecule is NCc1ncc(Cc2ccccc2Cl)s1. The van der Waals surface area contributed by atoms with Crippen LogP contribution < -0.4 is 5.73 Å². The third-order valence-electron chi connectivity index (χ3n) is 2.10. The molecule has 0 aliphatic carbocycles.